The quantitative estimate of drug-likeness (QED) is 0.0305. The lowest BCUT2D eigenvalue weighted by Crippen LogP contribution is -2.30. The summed E-state index contributed by atoms with van der Waals surface area (Å²) in [6, 6.07) is 28.4. The first-order valence-corrected chi connectivity index (χ1v) is 21.6. The largest absolute Gasteiger partial charge is 0.507 e. The van der Waals surface area contributed by atoms with Gasteiger partial charge in [-0.3, -0.25) is 19.2 Å². The van der Waals surface area contributed by atoms with E-state index < -0.39 is 35.1 Å². The van der Waals surface area contributed by atoms with E-state index in [0.29, 0.717) is 75.1 Å². The number of carbonyl (C=O) groups excluding carboxylic acids is 4. The minimum absolute atomic E-state index is 0.0219. The number of nitrogen functional groups attached to an aromatic ring is 1. The lowest BCUT2D eigenvalue weighted by molar-refractivity contribution is 0.0687. The normalized spacial score (nSPS) is 12.1. The molecule has 0 amide bonds. The first kappa shape index (κ1) is 47.5. The highest BCUT2D eigenvalue weighted by molar-refractivity contribution is 6.34. The van der Waals surface area contributed by atoms with E-state index >= 15 is 0 Å². The molecule has 15 N–H and O–H groups in total. The first-order chi connectivity index (χ1) is 32.9. The zero-order chi connectivity index (χ0) is 48.5. The maximum absolute atomic E-state index is 13.6. The third-order valence-electron chi connectivity index (χ3n) is 11.1. The molecule has 0 aliphatic heterocycles. The SMILES string of the molecule is NCCNCCNc1ccc(NCCNCCN)c2c1C(=O)c1c(N)ccc(O)c1C2=O.O=C(O)c1ccccc1Nc1cccc2c1C(=O)c1cccc(Nc3ccccc3C(=O)O)c1C2=O. The second-order valence-electron chi connectivity index (χ2n) is 15.5. The highest BCUT2D eigenvalue weighted by Gasteiger charge is 2.38. The number of carbonyl (C=O) groups is 6. The summed E-state index contributed by atoms with van der Waals surface area (Å²) in [5, 5.41) is 48.2. The zero-order valence-corrected chi connectivity index (χ0v) is 36.6. The van der Waals surface area contributed by atoms with Crippen molar-refractivity contribution in [1.29, 1.82) is 0 Å². The Hall–Kier alpha value is -8.42. The summed E-state index contributed by atoms with van der Waals surface area (Å²) in [7, 11) is 0. The Bertz CT molecular complexity index is 2780. The van der Waals surface area contributed by atoms with Crippen LogP contribution in [0.4, 0.5) is 39.8 Å². The monoisotopic (exact) mass is 919 g/mol. The number of hydrogen-bond donors (Lipinski definition) is 12. The molecule has 0 aromatic heterocycles. The molecule has 6 aromatic carbocycles. The molecular formula is C50H49N9O9. The van der Waals surface area contributed by atoms with Crippen LogP contribution >= 0.6 is 0 Å². The number of benzene rings is 6. The van der Waals surface area contributed by atoms with Gasteiger partial charge < -0.3 is 64.4 Å². The van der Waals surface area contributed by atoms with Crippen molar-refractivity contribution < 1.29 is 44.1 Å². The van der Waals surface area contributed by atoms with Crippen LogP contribution in [0.15, 0.2) is 109 Å². The average molecular weight is 920 g/mol. The zero-order valence-electron chi connectivity index (χ0n) is 36.6. The molecule has 68 heavy (non-hydrogen) atoms. The second-order valence-corrected chi connectivity index (χ2v) is 15.5. The van der Waals surface area contributed by atoms with Gasteiger partial charge in [0.1, 0.15) is 5.75 Å². The third-order valence-corrected chi connectivity index (χ3v) is 11.1. The van der Waals surface area contributed by atoms with E-state index in [1.807, 2.05) is 0 Å². The number of fused-ring (bicyclic) bond motifs is 4. The molecule has 18 nitrogen and oxygen atoms in total. The van der Waals surface area contributed by atoms with Gasteiger partial charge in [-0.05, 0) is 60.7 Å². The first-order valence-electron chi connectivity index (χ1n) is 21.6. The number of aromatic carboxylic acids is 2. The van der Waals surface area contributed by atoms with Crippen molar-refractivity contribution in [3.05, 3.63) is 165 Å². The van der Waals surface area contributed by atoms with E-state index in [9.17, 15) is 44.1 Å². The summed E-state index contributed by atoms with van der Waals surface area (Å²) in [5.41, 5.74) is 20.5. The second kappa shape index (κ2) is 21.3. The summed E-state index contributed by atoms with van der Waals surface area (Å²) in [6.07, 6.45) is 0. The van der Waals surface area contributed by atoms with Crippen molar-refractivity contribution in [2.45, 2.75) is 0 Å². The van der Waals surface area contributed by atoms with Gasteiger partial charge in [-0.2, -0.15) is 0 Å². The summed E-state index contributed by atoms with van der Waals surface area (Å²) in [6.45, 7) is 4.75. The average Bonchev–Trinajstić information content (AvgIpc) is 3.33. The van der Waals surface area contributed by atoms with Crippen LogP contribution in [0, 0.1) is 0 Å². The number of rotatable bonds is 18. The minimum Gasteiger partial charge on any atom is -0.507 e. The van der Waals surface area contributed by atoms with Crippen molar-refractivity contribution in [3.8, 4) is 5.75 Å². The number of carboxylic acid groups (broad SMARTS) is 2. The molecule has 0 fully saturated rings. The van der Waals surface area contributed by atoms with Crippen LogP contribution < -0.4 is 49.1 Å². The molecule has 0 saturated carbocycles. The van der Waals surface area contributed by atoms with Crippen molar-refractivity contribution in [1.82, 2.24) is 10.6 Å². The van der Waals surface area contributed by atoms with Crippen LogP contribution in [0.3, 0.4) is 0 Å². The van der Waals surface area contributed by atoms with Gasteiger partial charge in [-0.25, -0.2) is 9.59 Å². The Kier molecular flexibility index (Phi) is 14.9. The molecule has 8 rings (SSSR count). The molecule has 0 radical (unpaired) electrons. The smallest absolute Gasteiger partial charge is 0.337 e. The van der Waals surface area contributed by atoms with E-state index in [1.54, 1.807) is 72.8 Å². The fourth-order valence-electron chi connectivity index (χ4n) is 8.02. The number of carboxylic acids is 2. The van der Waals surface area contributed by atoms with Gasteiger partial charge in [0.25, 0.3) is 0 Å². The molecule has 0 atom stereocenters. The Balaban J connectivity index is 0.000000203. The lowest BCUT2D eigenvalue weighted by Gasteiger charge is -2.25. The Morgan fingerprint density at radius 3 is 1.29 bits per heavy atom. The molecule has 18 heteroatoms. The fourth-order valence-corrected chi connectivity index (χ4v) is 8.02. The molecule has 348 valence electrons. The van der Waals surface area contributed by atoms with Gasteiger partial charge in [0.15, 0.2) is 23.1 Å². The maximum Gasteiger partial charge on any atom is 0.337 e. The van der Waals surface area contributed by atoms with E-state index in [0.717, 1.165) is 0 Å². The van der Waals surface area contributed by atoms with Gasteiger partial charge in [0.2, 0.25) is 0 Å². The standard InChI is InChI=1S/C28H18N2O6.C22H31N7O3/c31-25-18-10-6-14-22(30-20-12-4-2-8-16(20)28(35)36)24(18)26(32)17-9-5-13-21(23(17)25)29-19-11-3-1-7-15(19)27(33)34;23-5-7-26-9-11-28-14-2-3-15(29-12-10-27-8-6-24)19-18(14)21(31)17-13(25)1-4-16(30)20(17)22(19)32/h1-14,29-30H,(H,33,34)(H,35,36);1-4,26-30H,5-12,23-25H2. The molecule has 0 heterocycles. The molecule has 0 saturated heterocycles. The van der Waals surface area contributed by atoms with Crippen LogP contribution in [-0.2, 0) is 0 Å². The number of ketones is 4. The Morgan fingerprint density at radius 1 is 0.426 bits per heavy atom. The summed E-state index contributed by atoms with van der Waals surface area (Å²) in [4.78, 5) is 77.5. The lowest BCUT2D eigenvalue weighted by atomic mass is 9.81. The maximum atomic E-state index is 13.6. The predicted molar refractivity (Wildman–Crippen MR) is 260 cm³/mol. The number of anilines is 7. The Labute approximate surface area is 389 Å². The number of nitrogens with one attached hydrogen (secondary N) is 6. The van der Waals surface area contributed by atoms with Crippen molar-refractivity contribution in [3.63, 3.8) is 0 Å². The van der Waals surface area contributed by atoms with Gasteiger partial charge in [-0.15, -0.1) is 0 Å². The number of nitrogens with two attached hydrogens (primary N) is 3. The van der Waals surface area contributed by atoms with Gasteiger partial charge >= 0.3 is 11.9 Å². The van der Waals surface area contributed by atoms with E-state index in [4.69, 9.17) is 17.2 Å². The summed E-state index contributed by atoms with van der Waals surface area (Å²) in [5.74, 6) is -4.19. The summed E-state index contributed by atoms with van der Waals surface area (Å²) < 4.78 is 0. The van der Waals surface area contributed by atoms with Crippen molar-refractivity contribution in [2.24, 2.45) is 11.5 Å². The number of aromatic hydroxyl groups is 1. The summed E-state index contributed by atoms with van der Waals surface area (Å²) >= 11 is 0. The number of hydrogen-bond acceptors (Lipinski definition) is 16. The molecule has 0 bridgehead atoms. The van der Waals surface area contributed by atoms with E-state index in [1.165, 1.54) is 36.4 Å². The van der Waals surface area contributed by atoms with Crippen molar-refractivity contribution in [2.75, 3.05) is 79.4 Å². The number of para-hydroxylation sites is 2. The molecule has 0 unspecified atom stereocenters. The van der Waals surface area contributed by atoms with E-state index in [2.05, 4.69) is 31.9 Å². The van der Waals surface area contributed by atoms with Crippen LogP contribution in [-0.4, -0.2) is 103 Å². The predicted octanol–water partition coefficient (Wildman–Crippen LogP) is 5.02. The molecule has 0 spiro atoms. The van der Waals surface area contributed by atoms with E-state index in [-0.39, 0.29) is 78.4 Å². The third kappa shape index (κ3) is 9.74. The van der Waals surface area contributed by atoms with Gasteiger partial charge in [-0.1, -0.05) is 48.5 Å². The van der Waals surface area contributed by atoms with Gasteiger partial charge in [0, 0.05) is 80.5 Å². The molecular weight excluding hydrogens is 871 g/mol. The van der Waals surface area contributed by atoms with Crippen LogP contribution in [0.25, 0.3) is 0 Å². The highest BCUT2D eigenvalue weighted by Crippen LogP contribution is 2.42. The van der Waals surface area contributed by atoms with Crippen molar-refractivity contribution >= 4 is 74.9 Å². The van der Waals surface area contributed by atoms with Crippen LogP contribution in [0.1, 0.15) is 84.4 Å². The number of phenols is 1. The molecule has 2 aliphatic carbocycles. The molecule has 2 aliphatic rings. The van der Waals surface area contributed by atoms with Crippen LogP contribution in [0.2, 0.25) is 0 Å². The number of phenolic OH excluding ortho intramolecular Hbond substituents is 1. The molecule has 6 aromatic rings. The highest BCUT2D eigenvalue weighted by atomic mass is 16.4. The Morgan fingerprint density at radius 2 is 0.853 bits per heavy atom. The minimum atomic E-state index is -1.13. The fraction of sp³-hybridized carbons (Fsp3) is 0.160. The topological polar surface area (TPSA) is 313 Å². The van der Waals surface area contributed by atoms with Gasteiger partial charge in [0.05, 0.1) is 67.3 Å². The van der Waals surface area contributed by atoms with Crippen LogP contribution in [0.5, 0.6) is 5.75 Å².